The van der Waals surface area contributed by atoms with Crippen molar-refractivity contribution in [3.05, 3.63) is 17.0 Å². The van der Waals surface area contributed by atoms with Crippen LogP contribution in [0.3, 0.4) is 0 Å². The molecule has 5 heteroatoms. The molecular weight excluding hydrogens is 322 g/mol. The van der Waals surface area contributed by atoms with E-state index < -0.39 is 0 Å². The van der Waals surface area contributed by atoms with Crippen LogP contribution in [0.4, 0.5) is 0 Å². The number of guanidine groups is 1. The second-order valence-corrected chi connectivity index (χ2v) is 8.51. The zero-order valence-corrected chi connectivity index (χ0v) is 17.3. The molecule has 2 N–H and O–H groups in total. The molecule has 2 fully saturated rings. The summed E-state index contributed by atoms with van der Waals surface area (Å²) in [6, 6.07) is 0.330. The van der Waals surface area contributed by atoms with Crippen molar-refractivity contribution in [2.24, 2.45) is 29.8 Å². The molecule has 4 unspecified atom stereocenters. The molecule has 0 radical (unpaired) electrons. The first-order valence-corrected chi connectivity index (χ1v) is 10.5. The Morgan fingerprint density at radius 1 is 1.31 bits per heavy atom. The second kappa shape index (κ2) is 8.45. The minimum Gasteiger partial charge on any atom is -0.357 e. The maximum Gasteiger partial charge on any atom is 0.191 e. The predicted molar refractivity (Wildman–Crippen MR) is 109 cm³/mol. The summed E-state index contributed by atoms with van der Waals surface area (Å²) in [6.45, 7) is 10.5. The van der Waals surface area contributed by atoms with Crippen molar-refractivity contribution in [1.82, 2.24) is 20.4 Å². The Kier molecular flexibility index (Phi) is 6.25. The van der Waals surface area contributed by atoms with Gasteiger partial charge in [-0.15, -0.1) is 0 Å². The van der Waals surface area contributed by atoms with Crippen molar-refractivity contribution in [1.29, 1.82) is 0 Å². The van der Waals surface area contributed by atoms with Crippen LogP contribution in [-0.2, 0) is 13.5 Å². The van der Waals surface area contributed by atoms with Crippen molar-refractivity contribution in [3.63, 3.8) is 0 Å². The fourth-order valence-corrected chi connectivity index (χ4v) is 5.10. The van der Waals surface area contributed by atoms with Crippen LogP contribution in [0.25, 0.3) is 0 Å². The van der Waals surface area contributed by atoms with Crippen LogP contribution in [0.2, 0.25) is 0 Å². The van der Waals surface area contributed by atoms with Crippen LogP contribution in [0.1, 0.15) is 62.9 Å². The number of hydrogen-bond donors (Lipinski definition) is 2. The Bertz CT molecular complexity index is 633. The lowest BCUT2D eigenvalue weighted by Crippen LogP contribution is -2.43. The summed E-state index contributed by atoms with van der Waals surface area (Å²) in [5.74, 6) is 3.92. The van der Waals surface area contributed by atoms with E-state index in [1.54, 1.807) is 0 Å². The Labute approximate surface area is 159 Å². The van der Waals surface area contributed by atoms with E-state index in [1.807, 2.05) is 11.7 Å². The van der Waals surface area contributed by atoms with Gasteiger partial charge in [-0.2, -0.15) is 5.10 Å². The van der Waals surface area contributed by atoms with E-state index in [0.717, 1.165) is 48.9 Å². The molecule has 2 bridgehead atoms. The van der Waals surface area contributed by atoms with E-state index in [4.69, 9.17) is 4.99 Å². The first-order valence-electron chi connectivity index (χ1n) is 10.5. The standard InChI is InChI=1S/C21H37N5/c1-6-22-21(23-10-9-19-13-17-7-8-18(19)12-17)24-14(2)11-20-15(3)25-26(5)16(20)4/h14,17-19H,6-13H2,1-5H3,(H2,22,23,24). The van der Waals surface area contributed by atoms with Crippen LogP contribution in [0, 0.1) is 31.6 Å². The van der Waals surface area contributed by atoms with Gasteiger partial charge in [0.1, 0.15) is 0 Å². The molecule has 2 saturated carbocycles. The minimum absolute atomic E-state index is 0.330. The lowest BCUT2D eigenvalue weighted by Gasteiger charge is -2.21. The van der Waals surface area contributed by atoms with E-state index in [1.165, 1.54) is 43.4 Å². The van der Waals surface area contributed by atoms with Crippen molar-refractivity contribution in [2.75, 3.05) is 13.1 Å². The number of aromatic nitrogens is 2. The summed E-state index contributed by atoms with van der Waals surface area (Å²) in [4.78, 5) is 4.87. The fraction of sp³-hybridized carbons (Fsp3) is 0.810. The maximum absolute atomic E-state index is 4.87. The summed E-state index contributed by atoms with van der Waals surface area (Å²) in [7, 11) is 2.02. The number of fused-ring (bicyclic) bond motifs is 2. The van der Waals surface area contributed by atoms with Gasteiger partial charge in [0.2, 0.25) is 0 Å². The highest BCUT2D eigenvalue weighted by molar-refractivity contribution is 5.80. The van der Waals surface area contributed by atoms with Crippen LogP contribution >= 0.6 is 0 Å². The van der Waals surface area contributed by atoms with Gasteiger partial charge in [0.25, 0.3) is 0 Å². The summed E-state index contributed by atoms with van der Waals surface area (Å²) in [5.41, 5.74) is 3.75. The van der Waals surface area contributed by atoms with Crippen LogP contribution < -0.4 is 10.6 Å². The predicted octanol–water partition coefficient (Wildman–Crippen LogP) is 3.35. The average molecular weight is 360 g/mol. The van der Waals surface area contributed by atoms with Crippen molar-refractivity contribution in [3.8, 4) is 0 Å². The van der Waals surface area contributed by atoms with Gasteiger partial charge in [-0.25, -0.2) is 0 Å². The highest BCUT2D eigenvalue weighted by Gasteiger charge is 2.38. The smallest absolute Gasteiger partial charge is 0.191 e. The van der Waals surface area contributed by atoms with E-state index in [0.29, 0.717) is 6.04 Å². The molecule has 0 spiro atoms. The SMILES string of the molecule is CCNC(=NCCC1CC2CCC1C2)NC(C)Cc1c(C)nn(C)c1C. The minimum atomic E-state index is 0.330. The fourth-order valence-electron chi connectivity index (χ4n) is 5.10. The zero-order valence-electron chi connectivity index (χ0n) is 17.3. The van der Waals surface area contributed by atoms with Gasteiger partial charge in [-0.1, -0.05) is 6.42 Å². The van der Waals surface area contributed by atoms with Gasteiger partial charge in [-0.3, -0.25) is 9.67 Å². The Morgan fingerprint density at radius 3 is 2.69 bits per heavy atom. The molecule has 0 aromatic carbocycles. The van der Waals surface area contributed by atoms with Crippen LogP contribution in [0.5, 0.6) is 0 Å². The lowest BCUT2D eigenvalue weighted by atomic mass is 9.86. The molecular formula is C21H37N5. The third-order valence-corrected chi connectivity index (χ3v) is 6.55. The monoisotopic (exact) mass is 359 g/mol. The zero-order chi connectivity index (χ0) is 18.7. The number of aliphatic imine (C=N–C) groups is 1. The first kappa shape index (κ1) is 19.2. The average Bonchev–Trinajstić information content (AvgIpc) is 3.27. The summed E-state index contributed by atoms with van der Waals surface area (Å²) in [6.07, 6.45) is 8.14. The van der Waals surface area contributed by atoms with Crippen LogP contribution in [0.15, 0.2) is 4.99 Å². The maximum atomic E-state index is 4.87. The molecule has 0 amide bonds. The van der Waals surface area contributed by atoms with Gasteiger partial charge in [-0.05, 0) is 83.1 Å². The van der Waals surface area contributed by atoms with Gasteiger partial charge < -0.3 is 10.6 Å². The highest BCUT2D eigenvalue weighted by atomic mass is 15.3. The summed E-state index contributed by atoms with van der Waals surface area (Å²) >= 11 is 0. The van der Waals surface area contributed by atoms with E-state index >= 15 is 0 Å². The third-order valence-electron chi connectivity index (χ3n) is 6.55. The number of nitrogens with one attached hydrogen (secondary N) is 2. The molecule has 1 aromatic heterocycles. The molecule has 1 aromatic rings. The normalized spacial score (nSPS) is 26.3. The van der Waals surface area contributed by atoms with Crippen molar-refractivity contribution in [2.45, 2.75) is 72.3 Å². The van der Waals surface area contributed by atoms with Gasteiger partial charge in [0, 0.05) is 31.9 Å². The molecule has 146 valence electrons. The second-order valence-electron chi connectivity index (χ2n) is 8.51. The Hall–Kier alpha value is -1.52. The molecule has 0 saturated heterocycles. The van der Waals surface area contributed by atoms with Crippen LogP contribution in [-0.4, -0.2) is 34.9 Å². The summed E-state index contributed by atoms with van der Waals surface area (Å²) < 4.78 is 1.98. The molecule has 1 heterocycles. The van der Waals surface area contributed by atoms with E-state index in [-0.39, 0.29) is 0 Å². The molecule has 4 atom stereocenters. The topological polar surface area (TPSA) is 54.2 Å². The molecule has 0 aliphatic heterocycles. The summed E-state index contributed by atoms with van der Waals surface area (Å²) in [5, 5.41) is 11.5. The first-order chi connectivity index (χ1) is 12.5. The third kappa shape index (κ3) is 4.41. The molecule has 2 aliphatic rings. The van der Waals surface area contributed by atoms with E-state index in [9.17, 15) is 0 Å². The lowest BCUT2D eigenvalue weighted by molar-refractivity contribution is 0.318. The quantitative estimate of drug-likeness (QED) is 0.580. The van der Waals surface area contributed by atoms with Crippen molar-refractivity contribution < 1.29 is 0 Å². The van der Waals surface area contributed by atoms with Crippen molar-refractivity contribution >= 4 is 5.96 Å². The van der Waals surface area contributed by atoms with E-state index in [2.05, 4.69) is 43.4 Å². The highest BCUT2D eigenvalue weighted by Crippen LogP contribution is 2.49. The number of hydrogen-bond acceptors (Lipinski definition) is 2. The Morgan fingerprint density at radius 2 is 2.12 bits per heavy atom. The molecule has 2 aliphatic carbocycles. The number of rotatable bonds is 7. The molecule has 26 heavy (non-hydrogen) atoms. The molecule has 3 rings (SSSR count). The number of aryl methyl sites for hydroxylation is 2. The van der Waals surface area contributed by atoms with Gasteiger partial charge in [0.15, 0.2) is 5.96 Å². The molecule has 5 nitrogen and oxygen atoms in total. The Balaban J connectivity index is 1.51. The largest absolute Gasteiger partial charge is 0.357 e. The number of nitrogens with zero attached hydrogens (tertiary/aromatic N) is 3. The van der Waals surface area contributed by atoms with Gasteiger partial charge in [0.05, 0.1) is 5.69 Å². The van der Waals surface area contributed by atoms with Gasteiger partial charge >= 0.3 is 0 Å².